The van der Waals surface area contributed by atoms with Crippen molar-refractivity contribution in [1.29, 1.82) is 0 Å². The highest BCUT2D eigenvalue weighted by molar-refractivity contribution is 7.99. The Kier molecular flexibility index (Phi) is 3.63. The molecule has 0 aliphatic rings. The summed E-state index contributed by atoms with van der Waals surface area (Å²) >= 11 is 1.18. The number of nitro groups is 1. The molecule has 0 amide bonds. The number of nitrogen functional groups attached to an aromatic ring is 1. The fourth-order valence-electron chi connectivity index (χ4n) is 2.14. The first-order valence-electron chi connectivity index (χ1n) is 6.51. The molecule has 0 aliphatic heterocycles. The highest BCUT2D eigenvalue weighted by Crippen LogP contribution is 2.38. The zero-order valence-electron chi connectivity index (χ0n) is 11.6. The number of benzene rings is 1. The van der Waals surface area contributed by atoms with Gasteiger partial charge in [0.05, 0.1) is 16.1 Å². The van der Waals surface area contributed by atoms with E-state index in [9.17, 15) is 10.1 Å². The van der Waals surface area contributed by atoms with Crippen LogP contribution in [-0.2, 0) is 6.42 Å². The van der Waals surface area contributed by atoms with Gasteiger partial charge in [-0.25, -0.2) is 9.97 Å². The molecule has 22 heavy (non-hydrogen) atoms. The van der Waals surface area contributed by atoms with Gasteiger partial charge in [-0.3, -0.25) is 10.1 Å². The Bertz CT molecular complexity index is 863. The quantitative estimate of drug-likeness (QED) is 0.430. The molecule has 0 saturated carbocycles. The summed E-state index contributed by atoms with van der Waals surface area (Å²) in [4.78, 5) is 26.7. The predicted octanol–water partition coefficient (Wildman–Crippen LogP) is 2.56. The molecule has 2 aromatic heterocycles. The van der Waals surface area contributed by atoms with E-state index in [4.69, 9.17) is 5.73 Å². The second-order valence-corrected chi connectivity index (χ2v) is 5.50. The molecule has 9 heteroatoms. The zero-order valence-corrected chi connectivity index (χ0v) is 12.4. The van der Waals surface area contributed by atoms with Crippen LogP contribution < -0.4 is 5.73 Å². The van der Waals surface area contributed by atoms with Crippen LogP contribution in [0.25, 0.3) is 11.2 Å². The SMILES string of the molecule is CCc1cccc(Sc2nc(N)nc3nc[nH]c23)c1[N+](=O)[O-]. The van der Waals surface area contributed by atoms with Gasteiger partial charge >= 0.3 is 0 Å². The fourth-order valence-corrected chi connectivity index (χ4v) is 3.19. The molecule has 0 aliphatic carbocycles. The molecule has 2 heterocycles. The number of aromatic amines is 1. The highest BCUT2D eigenvalue weighted by Gasteiger charge is 2.21. The predicted molar refractivity (Wildman–Crippen MR) is 82.7 cm³/mol. The molecule has 0 fully saturated rings. The summed E-state index contributed by atoms with van der Waals surface area (Å²) < 4.78 is 0. The monoisotopic (exact) mass is 316 g/mol. The van der Waals surface area contributed by atoms with Crippen LogP contribution in [0.5, 0.6) is 0 Å². The summed E-state index contributed by atoms with van der Waals surface area (Å²) in [6.45, 7) is 1.88. The summed E-state index contributed by atoms with van der Waals surface area (Å²) in [6.07, 6.45) is 2.07. The molecule has 3 N–H and O–H groups in total. The molecule has 3 rings (SSSR count). The number of rotatable bonds is 4. The number of hydrogen-bond acceptors (Lipinski definition) is 7. The number of aromatic nitrogens is 4. The van der Waals surface area contributed by atoms with Crippen LogP contribution >= 0.6 is 11.8 Å². The number of nitro benzene ring substituents is 1. The van der Waals surface area contributed by atoms with Crippen molar-refractivity contribution in [3.05, 3.63) is 40.2 Å². The van der Waals surface area contributed by atoms with E-state index in [0.29, 0.717) is 33.1 Å². The number of hydrogen-bond donors (Lipinski definition) is 2. The van der Waals surface area contributed by atoms with Crippen molar-refractivity contribution in [2.45, 2.75) is 23.3 Å². The number of nitrogens with one attached hydrogen (secondary N) is 1. The maximum atomic E-state index is 11.4. The minimum absolute atomic E-state index is 0.0800. The minimum atomic E-state index is -0.365. The number of H-pyrrole nitrogens is 1. The summed E-state index contributed by atoms with van der Waals surface area (Å²) in [5.41, 5.74) is 7.49. The first-order valence-corrected chi connectivity index (χ1v) is 7.32. The van der Waals surface area contributed by atoms with E-state index < -0.39 is 0 Å². The summed E-state index contributed by atoms with van der Waals surface area (Å²) in [5, 5.41) is 11.9. The lowest BCUT2D eigenvalue weighted by atomic mass is 10.1. The summed E-state index contributed by atoms with van der Waals surface area (Å²) in [7, 11) is 0. The van der Waals surface area contributed by atoms with Crippen LogP contribution in [0.3, 0.4) is 0 Å². The van der Waals surface area contributed by atoms with E-state index in [1.54, 1.807) is 18.2 Å². The van der Waals surface area contributed by atoms with Crippen molar-refractivity contribution in [2.24, 2.45) is 0 Å². The van der Waals surface area contributed by atoms with Gasteiger partial charge in [-0.15, -0.1) is 0 Å². The van der Waals surface area contributed by atoms with Gasteiger partial charge < -0.3 is 10.7 Å². The molecule has 0 atom stereocenters. The van der Waals surface area contributed by atoms with Crippen molar-refractivity contribution in [3.63, 3.8) is 0 Å². The van der Waals surface area contributed by atoms with Crippen LogP contribution in [0, 0.1) is 10.1 Å². The Balaban J connectivity index is 2.13. The smallest absolute Gasteiger partial charge is 0.286 e. The number of fused-ring (bicyclic) bond motifs is 1. The third-order valence-electron chi connectivity index (χ3n) is 3.12. The number of aryl methyl sites for hydroxylation is 1. The normalized spacial score (nSPS) is 11.0. The lowest BCUT2D eigenvalue weighted by Gasteiger charge is -2.06. The Morgan fingerprint density at radius 2 is 2.23 bits per heavy atom. The van der Waals surface area contributed by atoms with Crippen molar-refractivity contribution in [3.8, 4) is 0 Å². The Labute approximate surface area is 129 Å². The Morgan fingerprint density at radius 1 is 1.41 bits per heavy atom. The summed E-state index contributed by atoms with van der Waals surface area (Å²) in [5.74, 6) is 0.0800. The van der Waals surface area contributed by atoms with Gasteiger partial charge in [0, 0.05) is 5.56 Å². The number of nitrogens with zero attached hydrogens (tertiary/aromatic N) is 4. The molecular formula is C13H12N6O2S. The summed E-state index contributed by atoms with van der Waals surface area (Å²) in [6, 6.07) is 5.24. The largest absolute Gasteiger partial charge is 0.368 e. The Morgan fingerprint density at radius 3 is 2.95 bits per heavy atom. The molecule has 3 aromatic rings. The van der Waals surface area contributed by atoms with Gasteiger partial charge in [-0.2, -0.15) is 4.98 Å². The maximum Gasteiger partial charge on any atom is 0.286 e. The minimum Gasteiger partial charge on any atom is -0.368 e. The standard InChI is InChI=1S/C13H12N6O2S/c1-2-7-4-3-5-8(10(7)19(20)21)22-12-9-11(16-6-15-9)17-13(14)18-12/h3-6H,2H2,1H3,(H3,14,15,16,17,18). The topological polar surface area (TPSA) is 124 Å². The molecule has 8 nitrogen and oxygen atoms in total. The van der Waals surface area contributed by atoms with E-state index in [1.165, 1.54) is 18.1 Å². The number of anilines is 1. The maximum absolute atomic E-state index is 11.4. The fraction of sp³-hybridized carbons (Fsp3) is 0.154. The van der Waals surface area contributed by atoms with E-state index >= 15 is 0 Å². The van der Waals surface area contributed by atoms with Crippen LogP contribution in [-0.4, -0.2) is 24.9 Å². The van der Waals surface area contributed by atoms with Crippen molar-refractivity contribution in [2.75, 3.05) is 5.73 Å². The van der Waals surface area contributed by atoms with Gasteiger partial charge in [0.1, 0.15) is 10.5 Å². The van der Waals surface area contributed by atoms with Crippen LogP contribution in [0.4, 0.5) is 11.6 Å². The molecule has 112 valence electrons. The molecule has 0 saturated heterocycles. The second-order valence-electron chi connectivity index (χ2n) is 4.46. The molecule has 0 unspecified atom stereocenters. The van der Waals surface area contributed by atoms with Gasteiger partial charge in [0.2, 0.25) is 5.95 Å². The van der Waals surface area contributed by atoms with Crippen molar-refractivity contribution in [1.82, 2.24) is 19.9 Å². The van der Waals surface area contributed by atoms with Crippen molar-refractivity contribution >= 4 is 34.6 Å². The highest BCUT2D eigenvalue weighted by atomic mass is 32.2. The van der Waals surface area contributed by atoms with E-state index in [0.717, 1.165) is 0 Å². The first kappa shape index (κ1) is 14.3. The average Bonchev–Trinajstić information content (AvgIpc) is 2.94. The molecule has 1 aromatic carbocycles. The van der Waals surface area contributed by atoms with Gasteiger partial charge in [0.25, 0.3) is 5.69 Å². The van der Waals surface area contributed by atoms with Crippen LogP contribution in [0.2, 0.25) is 0 Å². The average molecular weight is 316 g/mol. The number of nitrogens with two attached hydrogens (primary N) is 1. The van der Waals surface area contributed by atoms with E-state index in [-0.39, 0.29) is 16.6 Å². The van der Waals surface area contributed by atoms with Gasteiger partial charge in [-0.05, 0) is 12.5 Å². The third kappa shape index (κ3) is 2.46. The second kappa shape index (κ2) is 5.60. The third-order valence-corrected chi connectivity index (χ3v) is 4.16. The lowest BCUT2D eigenvalue weighted by Crippen LogP contribution is -1.99. The zero-order chi connectivity index (χ0) is 15.7. The molecule has 0 bridgehead atoms. The number of imidazole rings is 1. The molecule has 0 radical (unpaired) electrons. The van der Waals surface area contributed by atoms with Gasteiger partial charge in [-0.1, -0.05) is 30.8 Å². The van der Waals surface area contributed by atoms with E-state index in [1.807, 2.05) is 6.92 Å². The van der Waals surface area contributed by atoms with Crippen molar-refractivity contribution < 1.29 is 4.92 Å². The molecular weight excluding hydrogens is 304 g/mol. The van der Waals surface area contributed by atoms with Crippen LogP contribution in [0.15, 0.2) is 34.4 Å². The Hall–Kier alpha value is -2.68. The lowest BCUT2D eigenvalue weighted by molar-refractivity contribution is -0.388. The first-order chi connectivity index (χ1) is 10.6. The molecule has 0 spiro atoms. The number of para-hydroxylation sites is 1. The van der Waals surface area contributed by atoms with Gasteiger partial charge in [0.15, 0.2) is 5.65 Å². The van der Waals surface area contributed by atoms with E-state index in [2.05, 4.69) is 19.9 Å². The van der Waals surface area contributed by atoms with Crippen LogP contribution in [0.1, 0.15) is 12.5 Å².